The van der Waals surface area contributed by atoms with Crippen LogP contribution in [0.1, 0.15) is 41.9 Å². The van der Waals surface area contributed by atoms with Crippen molar-refractivity contribution in [3.63, 3.8) is 0 Å². The smallest absolute Gasteiger partial charge is 0.112 e. The number of rotatable bonds is 5. The van der Waals surface area contributed by atoms with Crippen molar-refractivity contribution in [1.82, 2.24) is 20.1 Å². The van der Waals surface area contributed by atoms with Crippen molar-refractivity contribution in [2.75, 3.05) is 40.3 Å². The lowest BCUT2D eigenvalue weighted by molar-refractivity contribution is 0.228. The summed E-state index contributed by atoms with van der Waals surface area (Å²) in [6.45, 7) is 12.1. The Bertz CT molecular complexity index is 443. The SMILES string of the molecule is Cc1nc(C2CN(C)CCCN2C)sc1CNCC(C)C. The molecule has 2 rings (SSSR count). The summed E-state index contributed by atoms with van der Waals surface area (Å²) >= 11 is 1.89. The van der Waals surface area contributed by atoms with Crippen LogP contribution in [0.3, 0.4) is 0 Å². The van der Waals surface area contributed by atoms with Crippen molar-refractivity contribution in [1.29, 1.82) is 0 Å². The van der Waals surface area contributed by atoms with Gasteiger partial charge in [-0.25, -0.2) is 4.98 Å². The Morgan fingerprint density at radius 1 is 1.33 bits per heavy atom. The van der Waals surface area contributed by atoms with Crippen LogP contribution in [0.25, 0.3) is 0 Å². The number of hydrogen-bond acceptors (Lipinski definition) is 5. The van der Waals surface area contributed by atoms with Crippen LogP contribution >= 0.6 is 11.3 Å². The Morgan fingerprint density at radius 2 is 2.10 bits per heavy atom. The van der Waals surface area contributed by atoms with E-state index in [1.165, 1.54) is 28.5 Å². The van der Waals surface area contributed by atoms with Gasteiger partial charge >= 0.3 is 0 Å². The summed E-state index contributed by atoms with van der Waals surface area (Å²) in [5.74, 6) is 0.694. The fourth-order valence-electron chi connectivity index (χ4n) is 2.77. The molecule has 0 amide bonds. The quantitative estimate of drug-likeness (QED) is 0.905. The van der Waals surface area contributed by atoms with Gasteiger partial charge in [0.25, 0.3) is 0 Å². The van der Waals surface area contributed by atoms with Crippen LogP contribution < -0.4 is 5.32 Å². The molecule has 5 heteroatoms. The molecule has 1 N–H and O–H groups in total. The molecule has 1 aliphatic heterocycles. The summed E-state index contributed by atoms with van der Waals surface area (Å²) in [6.07, 6.45) is 1.25. The van der Waals surface area contributed by atoms with E-state index in [2.05, 4.69) is 50.0 Å². The van der Waals surface area contributed by atoms with Crippen LogP contribution in [0.2, 0.25) is 0 Å². The van der Waals surface area contributed by atoms with Crippen LogP contribution in [0.4, 0.5) is 0 Å². The largest absolute Gasteiger partial charge is 0.312 e. The maximum Gasteiger partial charge on any atom is 0.112 e. The van der Waals surface area contributed by atoms with E-state index >= 15 is 0 Å². The number of nitrogens with one attached hydrogen (secondary N) is 1. The first-order chi connectivity index (χ1) is 9.97. The van der Waals surface area contributed by atoms with Crippen LogP contribution in [0.15, 0.2) is 0 Å². The van der Waals surface area contributed by atoms with Gasteiger partial charge in [-0.1, -0.05) is 13.8 Å². The van der Waals surface area contributed by atoms with E-state index in [0.717, 1.165) is 26.2 Å². The van der Waals surface area contributed by atoms with Gasteiger partial charge in [-0.3, -0.25) is 4.90 Å². The number of nitrogens with zero attached hydrogens (tertiary/aromatic N) is 3. The van der Waals surface area contributed by atoms with Crippen LogP contribution in [0, 0.1) is 12.8 Å². The van der Waals surface area contributed by atoms with Crippen molar-refractivity contribution in [3.05, 3.63) is 15.6 Å². The molecule has 1 fully saturated rings. The van der Waals surface area contributed by atoms with E-state index in [0.29, 0.717) is 12.0 Å². The lowest BCUT2D eigenvalue weighted by atomic mass is 10.2. The molecule has 0 aromatic carbocycles. The third-order valence-electron chi connectivity index (χ3n) is 4.10. The highest BCUT2D eigenvalue weighted by Gasteiger charge is 2.25. The van der Waals surface area contributed by atoms with Crippen LogP contribution in [-0.2, 0) is 6.54 Å². The number of likely N-dealkylation sites (N-methyl/N-ethyl adjacent to an activating group) is 2. The molecular formula is C16H30N4S. The third kappa shape index (κ3) is 4.74. The van der Waals surface area contributed by atoms with E-state index in [9.17, 15) is 0 Å². The highest BCUT2D eigenvalue weighted by Crippen LogP contribution is 2.29. The molecule has 1 aromatic heterocycles. The minimum absolute atomic E-state index is 0.444. The summed E-state index contributed by atoms with van der Waals surface area (Å²) in [4.78, 5) is 11.2. The molecular weight excluding hydrogens is 280 g/mol. The zero-order chi connectivity index (χ0) is 15.4. The van der Waals surface area contributed by atoms with Gasteiger partial charge < -0.3 is 10.2 Å². The molecule has 0 bridgehead atoms. The first-order valence-corrected chi connectivity index (χ1v) is 8.84. The predicted molar refractivity (Wildman–Crippen MR) is 90.9 cm³/mol. The Morgan fingerprint density at radius 3 is 2.81 bits per heavy atom. The zero-order valence-electron chi connectivity index (χ0n) is 14.1. The Balaban J connectivity index is 2.05. The standard InChI is InChI=1S/C16H30N4S/c1-12(2)9-17-10-15-13(3)18-16(21-15)14-11-19(4)7-6-8-20(14)5/h12,14,17H,6-11H2,1-5H3. The van der Waals surface area contributed by atoms with Gasteiger partial charge in [0.2, 0.25) is 0 Å². The summed E-state index contributed by atoms with van der Waals surface area (Å²) in [6, 6.07) is 0.444. The second-order valence-electron chi connectivity index (χ2n) is 6.70. The third-order valence-corrected chi connectivity index (χ3v) is 5.36. The zero-order valence-corrected chi connectivity index (χ0v) is 15.0. The molecule has 1 atom stereocenters. The maximum absolute atomic E-state index is 4.87. The number of aryl methyl sites for hydroxylation is 1. The second-order valence-corrected chi connectivity index (χ2v) is 7.81. The van der Waals surface area contributed by atoms with Gasteiger partial charge in [-0.05, 0) is 53.0 Å². The first-order valence-electron chi connectivity index (χ1n) is 8.03. The number of aromatic nitrogens is 1. The topological polar surface area (TPSA) is 31.4 Å². The minimum atomic E-state index is 0.444. The molecule has 1 aromatic rings. The van der Waals surface area contributed by atoms with Crippen molar-refractivity contribution in [3.8, 4) is 0 Å². The Hall–Kier alpha value is -0.490. The molecule has 1 unspecified atom stereocenters. The van der Waals surface area contributed by atoms with E-state index < -0.39 is 0 Å². The molecule has 21 heavy (non-hydrogen) atoms. The fraction of sp³-hybridized carbons (Fsp3) is 0.812. The molecule has 0 spiro atoms. The van der Waals surface area contributed by atoms with Crippen molar-refractivity contribution in [2.24, 2.45) is 5.92 Å². The Kier molecular flexibility index (Phi) is 6.17. The van der Waals surface area contributed by atoms with Gasteiger partial charge in [-0.15, -0.1) is 11.3 Å². The molecule has 0 radical (unpaired) electrons. The summed E-state index contributed by atoms with van der Waals surface area (Å²) in [5, 5.41) is 4.82. The summed E-state index contributed by atoms with van der Waals surface area (Å²) in [7, 11) is 4.45. The summed E-state index contributed by atoms with van der Waals surface area (Å²) in [5.41, 5.74) is 1.20. The average Bonchev–Trinajstić information content (AvgIpc) is 2.67. The van der Waals surface area contributed by atoms with Gasteiger partial charge in [-0.2, -0.15) is 0 Å². The van der Waals surface area contributed by atoms with Crippen molar-refractivity contribution < 1.29 is 0 Å². The van der Waals surface area contributed by atoms with Crippen molar-refractivity contribution >= 4 is 11.3 Å². The maximum atomic E-state index is 4.87. The summed E-state index contributed by atoms with van der Waals surface area (Å²) < 4.78 is 0. The predicted octanol–water partition coefficient (Wildman–Crippen LogP) is 2.51. The normalized spacial score (nSPS) is 21.9. The van der Waals surface area contributed by atoms with Gasteiger partial charge in [0, 0.05) is 18.0 Å². The highest BCUT2D eigenvalue weighted by atomic mass is 32.1. The lowest BCUT2D eigenvalue weighted by Crippen LogP contribution is -2.30. The average molecular weight is 311 g/mol. The molecule has 2 heterocycles. The molecule has 0 aliphatic carbocycles. The van der Waals surface area contributed by atoms with Crippen LogP contribution in [0.5, 0.6) is 0 Å². The van der Waals surface area contributed by atoms with E-state index in [-0.39, 0.29) is 0 Å². The Labute approximate surface area is 133 Å². The highest BCUT2D eigenvalue weighted by molar-refractivity contribution is 7.11. The van der Waals surface area contributed by atoms with E-state index in [1.54, 1.807) is 0 Å². The van der Waals surface area contributed by atoms with E-state index in [1.807, 2.05) is 11.3 Å². The second kappa shape index (κ2) is 7.68. The fourth-order valence-corrected chi connectivity index (χ4v) is 3.96. The number of hydrogen-bond donors (Lipinski definition) is 1. The monoisotopic (exact) mass is 310 g/mol. The van der Waals surface area contributed by atoms with Gasteiger partial charge in [0.15, 0.2) is 0 Å². The van der Waals surface area contributed by atoms with Crippen molar-refractivity contribution in [2.45, 2.75) is 39.8 Å². The molecule has 120 valence electrons. The molecule has 0 saturated carbocycles. The van der Waals surface area contributed by atoms with Crippen LogP contribution in [-0.4, -0.2) is 55.1 Å². The molecule has 4 nitrogen and oxygen atoms in total. The van der Waals surface area contributed by atoms with E-state index in [4.69, 9.17) is 4.98 Å². The number of thiazole rings is 1. The first kappa shape index (κ1) is 16.9. The molecule has 1 saturated heterocycles. The minimum Gasteiger partial charge on any atom is -0.312 e. The molecule has 1 aliphatic rings. The van der Waals surface area contributed by atoms with Gasteiger partial charge in [0.1, 0.15) is 5.01 Å². The lowest BCUT2D eigenvalue weighted by Gasteiger charge is -2.25. The van der Waals surface area contributed by atoms with Gasteiger partial charge in [0.05, 0.1) is 11.7 Å².